The average molecular weight is 464 g/mol. The van der Waals surface area contributed by atoms with Crippen molar-refractivity contribution in [1.82, 2.24) is 5.43 Å². The number of halogens is 3. The minimum atomic E-state index is 0.354. The zero-order valence-electron chi connectivity index (χ0n) is 16.4. The summed E-state index contributed by atoms with van der Waals surface area (Å²) >= 11 is 18.3. The summed E-state index contributed by atoms with van der Waals surface area (Å²) in [5.41, 5.74) is 5.86. The van der Waals surface area contributed by atoms with Crippen LogP contribution < -0.4 is 14.9 Å². The molecule has 0 aliphatic heterocycles. The summed E-state index contributed by atoms with van der Waals surface area (Å²) in [5, 5.41) is 6.10. The maximum absolute atomic E-state index is 6.46. The van der Waals surface area contributed by atoms with Gasteiger partial charge in [0, 0.05) is 10.0 Å². The summed E-state index contributed by atoms with van der Waals surface area (Å²) < 4.78 is 11.7. The topological polar surface area (TPSA) is 42.8 Å². The Morgan fingerprint density at radius 3 is 2.13 bits per heavy atom. The highest BCUT2D eigenvalue weighted by atomic mass is 35.5. The molecule has 0 saturated heterocycles. The number of ether oxygens (including phenoxy) is 2. The van der Waals surface area contributed by atoms with Crippen LogP contribution in [0.3, 0.4) is 0 Å². The fourth-order valence-corrected chi connectivity index (χ4v) is 3.19. The van der Waals surface area contributed by atoms with Crippen molar-refractivity contribution in [2.24, 2.45) is 5.10 Å². The summed E-state index contributed by atoms with van der Waals surface area (Å²) in [4.78, 5) is 0. The number of nitrogens with zero attached hydrogens (tertiary/aromatic N) is 1. The molecule has 1 N–H and O–H groups in total. The van der Waals surface area contributed by atoms with Crippen molar-refractivity contribution in [3.8, 4) is 11.5 Å². The Balaban J connectivity index is 1.66. The van der Waals surface area contributed by atoms with Gasteiger partial charge in [-0.3, -0.25) is 0 Å². The maximum Gasteiger partial charge on any atom is 0.180 e. The zero-order chi connectivity index (χ0) is 21.3. The van der Waals surface area contributed by atoms with Crippen molar-refractivity contribution >= 4 is 41.0 Å². The van der Waals surface area contributed by atoms with E-state index in [2.05, 4.69) is 10.5 Å². The molecule has 0 unspecified atom stereocenters. The molecular weight excluding hydrogens is 443 g/mol. The lowest BCUT2D eigenvalue weighted by molar-refractivity contribution is 0.269. The third kappa shape index (κ3) is 6.56. The monoisotopic (exact) mass is 462 g/mol. The van der Waals surface area contributed by atoms with Gasteiger partial charge in [0.05, 0.1) is 24.4 Å². The molecule has 0 heterocycles. The molecule has 3 aromatic rings. The van der Waals surface area contributed by atoms with Gasteiger partial charge < -0.3 is 14.9 Å². The van der Waals surface area contributed by atoms with Gasteiger partial charge in [0.15, 0.2) is 11.5 Å². The van der Waals surface area contributed by atoms with E-state index in [9.17, 15) is 0 Å². The molecule has 7 heteroatoms. The maximum atomic E-state index is 6.46. The molecule has 0 atom stereocenters. The molecule has 3 rings (SSSR count). The minimum absolute atomic E-state index is 0.354. The van der Waals surface area contributed by atoms with Crippen molar-refractivity contribution in [2.45, 2.75) is 20.1 Å². The Morgan fingerprint density at radius 2 is 1.50 bits per heavy atom. The first-order valence-corrected chi connectivity index (χ1v) is 10.5. The third-order valence-electron chi connectivity index (χ3n) is 4.13. The highest BCUT2D eigenvalue weighted by molar-refractivity contribution is 6.32. The van der Waals surface area contributed by atoms with Crippen LogP contribution in [0.15, 0.2) is 65.8 Å². The van der Waals surface area contributed by atoms with Crippen molar-refractivity contribution in [3.05, 3.63) is 92.4 Å². The second-order valence-corrected chi connectivity index (χ2v) is 7.68. The van der Waals surface area contributed by atoms with E-state index in [-0.39, 0.29) is 0 Å². The Hall–Kier alpha value is -2.40. The Kier molecular flexibility index (Phi) is 8.26. The normalized spacial score (nSPS) is 10.9. The van der Waals surface area contributed by atoms with Crippen LogP contribution in [0.4, 0.5) is 0 Å². The van der Waals surface area contributed by atoms with E-state index in [4.69, 9.17) is 44.3 Å². The number of hydrogen-bond donors (Lipinski definition) is 1. The first-order chi connectivity index (χ1) is 14.5. The minimum Gasteiger partial charge on any atom is -0.490 e. The molecule has 0 saturated carbocycles. The number of hydrazone groups is 1. The van der Waals surface area contributed by atoms with E-state index < -0.39 is 0 Å². The van der Waals surface area contributed by atoms with Gasteiger partial charge in [0.1, 0.15) is 6.61 Å². The largest absolute Gasteiger partial charge is 0.490 e. The summed E-state index contributed by atoms with van der Waals surface area (Å²) in [6.45, 7) is 3.34. The van der Waals surface area contributed by atoms with Gasteiger partial charge in [-0.15, -0.1) is 0 Å². The van der Waals surface area contributed by atoms with Gasteiger partial charge in [0.25, 0.3) is 0 Å². The summed E-state index contributed by atoms with van der Waals surface area (Å²) in [5.74, 6) is 1.07. The van der Waals surface area contributed by atoms with E-state index in [1.807, 2.05) is 61.5 Å². The van der Waals surface area contributed by atoms with Crippen LogP contribution in [0, 0.1) is 0 Å². The predicted octanol–water partition coefficient (Wildman–Crippen LogP) is 6.75. The molecule has 30 heavy (non-hydrogen) atoms. The van der Waals surface area contributed by atoms with Gasteiger partial charge >= 0.3 is 0 Å². The van der Waals surface area contributed by atoms with E-state index in [1.165, 1.54) is 0 Å². The predicted molar refractivity (Wildman–Crippen MR) is 124 cm³/mol. The summed E-state index contributed by atoms with van der Waals surface area (Å²) in [6, 6.07) is 18.7. The van der Waals surface area contributed by atoms with E-state index in [0.29, 0.717) is 46.3 Å². The van der Waals surface area contributed by atoms with E-state index in [0.717, 1.165) is 16.7 Å². The quantitative estimate of drug-likeness (QED) is 0.282. The second-order valence-electron chi connectivity index (χ2n) is 6.40. The molecule has 0 amide bonds. The number of nitrogens with one attached hydrogen (secondary N) is 1. The Bertz CT molecular complexity index is 991. The van der Waals surface area contributed by atoms with Crippen LogP contribution in [0.5, 0.6) is 11.5 Å². The molecule has 0 aliphatic carbocycles. The Morgan fingerprint density at radius 1 is 0.867 bits per heavy atom. The van der Waals surface area contributed by atoms with Gasteiger partial charge in [-0.1, -0.05) is 59.1 Å². The lowest BCUT2D eigenvalue weighted by Crippen LogP contribution is -2.05. The van der Waals surface area contributed by atoms with Crippen LogP contribution in [0.25, 0.3) is 0 Å². The fraction of sp³-hybridized carbons (Fsp3) is 0.174. The molecule has 0 aliphatic rings. The molecule has 0 aromatic heterocycles. The average Bonchev–Trinajstić information content (AvgIpc) is 2.73. The van der Waals surface area contributed by atoms with Gasteiger partial charge in [-0.05, 0) is 60.0 Å². The third-order valence-corrected chi connectivity index (χ3v) is 4.91. The van der Waals surface area contributed by atoms with Crippen molar-refractivity contribution in [1.29, 1.82) is 0 Å². The lowest BCUT2D eigenvalue weighted by Gasteiger charge is -2.14. The Labute approximate surface area is 191 Å². The number of hydrogen-bond acceptors (Lipinski definition) is 4. The first-order valence-electron chi connectivity index (χ1n) is 9.39. The highest BCUT2D eigenvalue weighted by Gasteiger charge is 2.12. The molecule has 0 fully saturated rings. The molecule has 4 nitrogen and oxygen atoms in total. The number of rotatable bonds is 9. The zero-order valence-corrected chi connectivity index (χ0v) is 18.6. The van der Waals surface area contributed by atoms with E-state index in [1.54, 1.807) is 12.3 Å². The van der Waals surface area contributed by atoms with Crippen molar-refractivity contribution in [3.63, 3.8) is 0 Å². The van der Waals surface area contributed by atoms with Gasteiger partial charge in [-0.25, -0.2) is 0 Å². The fourth-order valence-electron chi connectivity index (χ4n) is 2.66. The highest BCUT2D eigenvalue weighted by Crippen LogP contribution is 2.37. The van der Waals surface area contributed by atoms with Crippen LogP contribution in [0.2, 0.25) is 15.1 Å². The van der Waals surface area contributed by atoms with Crippen LogP contribution in [-0.4, -0.2) is 12.8 Å². The molecule has 0 radical (unpaired) electrons. The summed E-state index contributed by atoms with van der Waals surface area (Å²) in [6.07, 6.45) is 1.69. The van der Waals surface area contributed by atoms with Crippen LogP contribution >= 0.6 is 34.8 Å². The summed E-state index contributed by atoms with van der Waals surface area (Å²) in [7, 11) is 0. The smallest absolute Gasteiger partial charge is 0.180 e. The number of benzene rings is 3. The van der Waals surface area contributed by atoms with Gasteiger partial charge in [0.2, 0.25) is 0 Å². The lowest BCUT2D eigenvalue weighted by atomic mass is 10.2. The van der Waals surface area contributed by atoms with E-state index >= 15 is 0 Å². The van der Waals surface area contributed by atoms with Crippen molar-refractivity contribution in [2.75, 3.05) is 6.61 Å². The first kappa shape index (κ1) is 22.3. The molecule has 0 spiro atoms. The van der Waals surface area contributed by atoms with Crippen LogP contribution in [0.1, 0.15) is 23.6 Å². The standard InChI is InChI=1S/C23H21Cl3N2O2/c1-2-29-22-12-18(14-28-27-13-16-3-7-19(24)8-4-16)11-21(26)23(22)30-15-17-5-9-20(25)10-6-17/h3-12,14,27H,2,13,15H2,1H3/b28-14-. The SMILES string of the molecule is CCOc1cc(/C=N\NCc2ccc(Cl)cc2)cc(Cl)c1OCc1ccc(Cl)cc1. The molecular formula is C23H21Cl3N2O2. The second kappa shape index (κ2) is 11.1. The van der Waals surface area contributed by atoms with Crippen LogP contribution in [-0.2, 0) is 13.2 Å². The molecule has 156 valence electrons. The molecule has 3 aromatic carbocycles. The molecule has 0 bridgehead atoms. The van der Waals surface area contributed by atoms with Crippen molar-refractivity contribution < 1.29 is 9.47 Å². The van der Waals surface area contributed by atoms with Gasteiger partial charge in [-0.2, -0.15) is 5.10 Å².